The maximum absolute atomic E-state index is 12.9. The van der Waals surface area contributed by atoms with E-state index in [2.05, 4.69) is 14.8 Å². The average Bonchev–Trinajstić information content (AvgIpc) is 2.87. The van der Waals surface area contributed by atoms with E-state index in [1.165, 1.54) is 31.2 Å². The molecule has 0 bridgehead atoms. The van der Waals surface area contributed by atoms with Crippen molar-refractivity contribution in [2.24, 2.45) is 0 Å². The quantitative estimate of drug-likeness (QED) is 0.699. The first-order valence-electron chi connectivity index (χ1n) is 7.15. The van der Waals surface area contributed by atoms with Crippen LogP contribution in [0, 0.1) is 5.82 Å². The number of aliphatic carboxylic acids is 1. The van der Waals surface area contributed by atoms with Gasteiger partial charge in [0.1, 0.15) is 30.5 Å². The highest BCUT2D eigenvalue weighted by Gasteiger charge is 2.21. The summed E-state index contributed by atoms with van der Waals surface area (Å²) in [6.45, 7) is 0.958. The minimum atomic E-state index is -3.51. The van der Waals surface area contributed by atoms with E-state index < -0.39 is 34.4 Å². The van der Waals surface area contributed by atoms with Crippen molar-refractivity contribution in [3.8, 4) is 5.75 Å². The maximum Gasteiger partial charge on any atom is 0.325 e. The number of nitrogens with zero attached hydrogens (tertiary/aromatic N) is 3. The van der Waals surface area contributed by atoms with E-state index in [9.17, 15) is 17.6 Å². The molecule has 0 aliphatic heterocycles. The SMILES string of the molecule is C[C@@H](NS(C)(=O)=O)c1nc(COc2ccc(F)cc2)nn1CC(=O)O. The Morgan fingerprint density at radius 1 is 1.40 bits per heavy atom. The first-order valence-corrected chi connectivity index (χ1v) is 9.04. The zero-order valence-corrected chi connectivity index (χ0v) is 14.3. The molecule has 136 valence electrons. The lowest BCUT2D eigenvalue weighted by Crippen LogP contribution is -2.28. The minimum Gasteiger partial charge on any atom is -0.486 e. The van der Waals surface area contributed by atoms with Crippen LogP contribution in [0.5, 0.6) is 5.75 Å². The molecule has 1 aromatic heterocycles. The number of nitrogens with one attached hydrogen (secondary N) is 1. The van der Waals surface area contributed by atoms with Gasteiger partial charge in [-0.05, 0) is 31.2 Å². The second kappa shape index (κ2) is 7.57. The fourth-order valence-electron chi connectivity index (χ4n) is 2.08. The summed E-state index contributed by atoms with van der Waals surface area (Å²) in [6.07, 6.45) is 0.986. The molecule has 0 fully saturated rings. The highest BCUT2D eigenvalue weighted by molar-refractivity contribution is 7.88. The van der Waals surface area contributed by atoms with Gasteiger partial charge in [0.05, 0.1) is 12.3 Å². The predicted molar refractivity (Wildman–Crippen MR) is 84.8 cm³/mol. The van der Waals surface area contributed by atoms with Crippen LogP contribution in [0.25, 0.3) is 0 Å². The van der Waals surface area contributed by atoms with Crippen molar-refractivity contribution in [2.45, 2.75) is 26.1 Å². The van der Waals surface area contributed by atoms with Crippen molar-refractivity contribution >= 4 is 16.0 Å². The third kappa shape index (κ3) is 5.80. The summed E-state index contributed by atoms with van der Waals surface area (Å²) in [7, 11) is -3.51. The van der Waals surface area contributed by atoms with Crippen LogP contribution in [0.1, 0.15) is 24.6 Å². The van der Waals surface area contributed by atoms with Gasteiger partial charge in [0.2, 0.25) is 10.0 Å². The summed E-state index contributed by atoms with van der Waals surface area (Å²) >= 11 is 0. The van der Waals surface area contributed by atoms with Gasteiger partial charge in [-0.2, -0.15) is 5.10 Å². The van der Waals surface area contributed by atoms with Crippen LogP contribution in [0.4, 0.5) is 4.39 Å². The molecule has 11 heteroatoms. The molecule has 0 amide bonds. The van der Waals surface area contributed by atoms with E-state index in [1.807, 2.05) is 0 Å². The molecule has 1 atom stereocenters. The number of ether oxygens (including phenoxy) is 1. The van der Waals surface area contributed by atoms with Crippen molar-refractivity contribution in [1.82, 2.24) is 19.5 Å². The number of sulfonamides is 1. The molecule has 0 aliphatic carbocycles. The van der Waals surface area contributed by atoms with Gasteiger partial charge in [0.25, 0.3) is 0 Å². The number of halogens is 1. The van der Waals surface area contributed by atoms with E-state index in [0.717, 1.165) is 10.9 Å². The van der Waals surface area contributed by atoms with Gasteiger partial charge in [-0.25, -0.2) is 27.2 Å². The zero-order chi connectivity index (χ0) is 18.6. The summed E-state index contributed by atoms with van der Waals surface area (Å²) in [5.74, 6) is -0.851. The molecule has 0 aliphatic rings. The molecular weight excluding hydrogens is 355 g/mol. The second-order valence-corrected chi connectivity index (χ2v) is 7.07. The Morgan fingerprint density at radius 3 is 2.60 bits per heavy atom. The third-order valence-corrected chi connectivity index (χ3v) is 3.77. The molecule has 2 N–H and O–H groups in total. The normalized spacial score (nSPS) is 12.8. The smallest absolute Gasteiger partial charge is 0.325 e. The highest BCUT2D eigenvalue weighted by atomic mass is 32.2. The molecule has 1 aromatic carbocycles. The van der Waals surface area contributed by atoms with Gasteiger partial charge in [-0.1, -0.05) is 0 Å². The Bertz CT molecular complexity index is 851. The first-order chi connectivity index (χ1) is 11.6. The number of carboxylic acid groups (broad SMARTS) is 1. The molecule has 1 heterocycles. The summed E-state index contributed by atoms with van der Waals surface area (Å²) < 4.78 is 44.4. The van der Waals surface area contributed by atoms with Crippen LogP contribution in [0.15, 0.2) is 24.3 Å². The highest BCUT2D eigenvalue weighted by Crippen LogP contribution is 2.15. The van der Waals surface area contributed by atoms with Crippen LogP contribution in [0.3, 0.4) is 0 Å². The van der Waals surface area contributed by atoms with Gasteiger partial charge < -0.3 is 9.84 Å². The van der Waals surface area contributed by atoms with E-state index in [-0.39, 0.29) is 18.3 Å². The largest absolute Gasteiger partial charge is 0.486 e. The van der Waals surface area contributed by atoms with E-state index in [4.69, 9.17) is 9.84 Å². The number of hydrogen-bond acceptors (Lipinski definition) is 6. The number of aromatic nitrogens is 3. The Morgan fingerprint density at radius 2 is 2.04 bits per heavy atom. The zero-order valence-electron chi connectivity index (χ0n) is 13.5. The van der Waals surface area contributed by atoms with E-state index >= 15 is 0 Å². The maximum atomic E-state index is 12.9. The molecule has 0 spiro atoms. The van der Waals surface area contributed by atoms with Crippen molar-refractivity contribution in [2.75, 3.05) is 6.26 Å². The van der Waals surface area contributed by atoms with E-state index in [0.29, 0.717) is 5.75 Å². The Hall–Kier alpha value is -2.53. The van der Waals surface area contributed by atoms with Crippen LogP contribution in [0.2, 0.25) is 0 Å². The number of benzene rings is 1. The summed E-state index contributed by atoms with van der Waals surface area (Å²) in [6, 6.07) is 4.54. The Kier molecular flexibility index (Phi) is 5.69. The molecule has 2 aromatic rings. The lowest BCUT2D eigenvalue weighted by molar-refractivity contribution is -0.137. The average molecular weight is 372 g/mol. The molecule has 0 unspecified atom stereocenters. The van der Waals surface area contributed by atoms with Crippen LogP contribution in [-0.2, 0) is 28.0 Å². The molecule has 0 radical (unpaired) electrons. The predicted octanol–water partition coefficient (Wildman–Crippen LogP) is 0.691. The van der Waals surface area contributed by atoms with Crippen molar-refractivity contribution in [1.29, 1.82) is 0 Å². The second-order valence-electron chi connectivity index (χ2n) is 5.29. The molecule has 2 rings (SSSR count). The molecule has 0 saturated heterocycles. The number of carbonyl (C=O) groups is 1. The van der Waals surface area contributed by atoms with Crippen LogP contribution in [-0.4, -0.2) is 40.5 Å². The summed E-state index contributed by atoms with van der Waals surface area (Å²) in [5, 5.41) is 13.0. The molecule has 9 nitrogen and oxygen atoms in total. The van der Waals surface area contributed by atoms with Gasteiger partial charge in [0, 0.05) is 0 Å². The summed E-state index contributed by atoms with van der Waals surface area (Å²) in [5.41, 5.74) is 0. The number of hydrogen-bond donors (Lipinski definition) is 2. The first kappa shape index (κ1) is 18.8. The van der Waals surface area contributed by atoms with Crippen molar-refractivity contribution in [3.63, 3.8) is 0 Å². The fourth-order valence-corrected chi connectivity index (χ4v) is 2.83. The van der Waals surface area contributed by atoms with Crippen LogP contribution < -0.4 is 9.46 Å². The van der Waals surface area contributed by atoms with E-state index in [1.54, 1.807) is 0 Å². The lowest BCUT2D eigenvalue weighted by Gasteiger charge is -2.11. The standard InChI is InChI=1S/C14H17FN4O5S/c1-9(18-25(2,22)23)14-16-12(17-19(14)7-13(20)21)8-24-11-5-3-10(15)4-6-11/h3-6,9,18H,7-8H2,1-2H3,(H,20,21)/t9-/m1/s1. The fraction of sp³-hybridized carbons (Fsp3) is 0.357. The number of rotatable bonds is 8. The molecular formula is C14H17FN4O5S. The third-order valence-electron chi connectivity index (χ3n) is 2.99. The lowest BCUT2D eigenvalue weighted by atomic mass is 10.3. The Labute approximate surface area is 143 Å². The van der Waals surface area contributed by atoms with Crippen molar-refractivity contribution < 1.29 is 27.4 Å². The molecule has 25 heavy (non-hydrogen) atoms. The topological polar surface area (TPSA) is 123 Å². The van der Waals surface area contributed by atoms with Gasteiger partial charge in [-0.15, -0.1) is 0 Å². The summed E-state index contributed by atoms with van der Waals surface area (Å²) in [4.78, 5) is 15.1. The number of carboxylic acids is 1. The molecule has 0 saturated carbocycles. The van der Waals surface area contributed by atoms with Gasteiger partial charge in [0.15, 0.2) is 5.82 Å². The monoisotopic (exact) mass is 372 g/mol. The van der Waals surface area contributed by atoms with Gasteiger partial charge >= 0.3 is 5.97 Å². The van der Waals surface area contributed by atoms with Crippen molar-refractivity contribution in [3.05, 3.63) is 41.7 Å². The minimum absolute atomic E-state index is 0.0865. The Balaban J connectivity index is 2.18. The van der Waals surface area contributed by atoms with Crippen LogP contribution >= 0.6 is 0 Å². The van der Waals surface area contributed by atoms with Gasteiger partial charge in [-0.3, -0.25) is 4.79 Å².